The van der Waals surface area contributed by atoms with Crippen LogP contribution in [-0.2, 0) is 0 Å². The Kier molecular flexibility index (Phi) is 4.79. The van der Waals surface area contributed by atoms with Crippen LogP contribution >= 0.6 is 0 Å². The van der Waals surface area contributed by atoms with E-state index in [1.54, 1.807) is 24.3 Å². The van der Waals surface area contributed by atoms with Gasteiger partial charge in [0, 0.05) is 25.8 Å². The Morgan fingerprint density at radius 3 is 2.12 bits per heavy atom. The molecule has 0 aromatic heterocycles. The normalized spacial score (nSPS) is 14.2. The Morgan fingerprint density at radius 2 is 1.62 bits per heavy atom. The maximum atomic E-state index is 11.8. The van der Waals surface area contributed by atoms with Crippen LogP contribution in [0.15, 0.2) is 24.3 Å². The van der Waals surface area contributed by atoms with E-state index in [0.29, 0.717) is 5.56 Å². The van der Waals surface area contributed by atoms with Crippen LogP contribution in [0.2, 0.25) is 0 Å². The van der Waals surface area contributed by atoms with E-state index in [2.05, 4.69) is 0 Å². The number of amides is 1. The molecule has 1 aliphatic rings. The van der Waals surface area contributed by atoms with Gasteiger partial charge in [-0.1, -0.05) is 0 Å². The van der Waals surface area contributed by atoms with E-state index in [0.717, 1.165) is 33.0 Å². The van der Waals surface area contributed by atoms with Crippen LogP contribution in [0, 0.1) is 0 Å². The lowest BCUT2D eigenvalue weighted by Gasteiger charge is -2.14. The molecule has 0 saturated carbocycles. The quantitative estimate of drug-likeness (QED) is 0.753. The zero-order valence-corrected chi connectivity index (χ0v) is 9.39. The highest BCUT2D eigenvalue weighted by Gasteiger charge is 2.18. The highest BCUT2D eigenvalue weighted by Crippen LogP contribution is 2.15. The Morgan fingerprint density at radius 1 is 1.12 bits per heavy atom. The van der Waals surface area contributed by atoms with Gasteiger partial charge >= 0.3 is 0 Å². The minimum atomic E-state index is 0.0718. The molecule has 4 nitrogen and oxygen atoms in total. The second-order valence-electron chi connectivity index (χ2n) is 3.55. The Labute approximate surface area is 95.1 Å². The van der Waals surface area contributed by atoms with Gasteiger partial charge in [-0.3, -0.25) is 4.79 Å². The summed E-state index contributed by atoms with van der Waals surface area (Å²) >= 11 is 0. The third kappa shape index (κ3) is 2.97. The Bertz CT molecular complexity index is 329. The first kappa shape index (κ1) is 12.5. The van der Waals surface area contributed by atoms with Gasteiger partial charge in [0.1, 0.15) is 5.75 Å². The second kappa shape index (κ2) is 6.12. The van der Waals surface area contributed by atoms with E-state index in [9.17, 15) is 4.79 Å². The molecule has 1 fully saturated rings. The molecule has 2 N–H and O–H groups in total. The molecule has 0 spiro atoms. The van der Waals surface area contributed by atoms with E-state index in [-0.39, 0.29) is 11.7 Å². The molecule has 1 aliphatic heterocycles. The van der Waals surface area contributed by atoms with Gasteiger partial charge in [-0.05, 0) is 37.1 Å². The van der Waals surface area contributed by atoms with Gasteiger partial charge < -0.3 is 15.1 Å². The summed E-state index contributed by atoms with van der Waals surface area (Å²) in [5.41, 5.74) is 0.657. The molecule has 88 valence electrons. The topological polar surface area (TPSA) is 60.8 Å². The van der Waals surface area contributed by atoms with Crippen LogP contribution < -0.4 is 0 Å². The average molecular weight is 223 g/mol. The number of hydrogen-bond donors (Lipinski definition) is 2. The number of carbonyl (C=O) groups excluding carboxylic acids is 1. The molecule has 4 heteroatoms. The minimum Gasteiger partial charge on any atom is -0.508 e. The van der Waals surface area contributed by atoms with Crippen molar-refractivity contribution in [3.05, 3.63) is 29.8 Å². The Balaban J connectivity index is 0.000000606. The first-order valence-corrected chi connectivity index (χ1v) is 5.30. The van der Waals surface area contributed by atoms with Crippen molar-refractivity contribution in [2.75, 3.05) is 20.2 Å². The summed E-state index contributed by atoms with van der Waals surface area (Å²) in [7, 11) is 1.00. The molecular formula is C12H17NO3. The van der Waals surface area contributed by atoms with Crippen LogP contribution in [0.1, 0.15) is 23.2 Å². The molecule has 0 bridgehead atoms. The number of phenolic OH excluding ortho intramolecular Hbond substituents is 1. The van der Waals surface area contributed by atoms with Crippen molar-refractivity contribution in [2.24, 2.45) is 0 Å². The molecule has 1 aromatic carbocycles. The fraction of sp³-hybridized carbons (Fsp3) is 0.417. The maximum absolute atomic E-state index is 11.8. The number of rotatable bonds is 1. The summed E-state index contributed by atoms with van der Waals surface area (Å²) in [5, 5.41) is 16.1. The SMILES string of the molecule is CO.O=C(c1ccc(O)cc1)N1CCCC1. The summed E-state index contributed by atoms with van der Waals surface area (Å²) in [6, 6.07) is 6.42. The van der Waals surface area contributed by atoms with E-state index in [1.807, 2.05) is 4.90 Å². The van der Waals surface area contributed by atoms with Crippen molar-refractivity contribution in [3.63, 3.8) is 0 Å². The largest absolute Gasteiger partial charge is 0.508 e. The number of carbonyl (C=O) groups is 1. The Hall–Kier alpha value is -1.55. The van der Waals surface area contributed by atoms with Crippen molar-refractivity contribution in [2.45, 2.75) is 12.8 Å². The highest BCUT2D eigenvalue weighted by atomic mass is 16.3. The number of nitrogens with zero attached hydrogens (tertiary/aromatic N) is 1. The molecule has 0 radical (unpaired) electrons. The van der Waals surface area contributed by atoms with Crippen LogP contribution in [0.25, 0.3) is 0 Å². The number of benzene rings is 1. The lowest BCUT2D eigenvalue weighted by atomic mass is 10.2. The molecule has 0 aliphatic carbocycles. The molecule has 1 heterocycles. The monoisotopic (exact) mass is 223 g/mol. The van der Waals surface area contributed by atoms with Crippen LogP contribution in [0.3, 0.4) is 0 Å². The minimum absolute atomic E-state index is 0.0718. The number of phenols is 1. The highest BCUT2D eigenvalue weighted by molar-refractivity contribution is 5.94. The van der Waals surface area contributed by atoms with Gasteiger partial charge in [-0.2, -0.15) is 0 Å². The van der Waals surface area contributed by atoms with Crippen LogP contribution in [-0.4, -0.2) is 41.2 Å². The predicted molar refractivity (Wildman–Crippen MR) is 61.4 cm³/mol. The molecule has 0 atom stereocenters. The van der Waals surface area contributed by atoms with Gasteiger partial charge in [0.05, 0.1) is 0 Å². The third-order valence-corrected chi connectivity index (χ3v) is 2.51. The fourth-order valence-electron chi connectivity index (χ4n) is 1.71. The van der Waals surface area contributed by atoms with E-state index in [1.165, 1.54) is 0 Å². The number of aliphatic hydroxyl groups is 1. The number of aromatic hydroxyl groups is 1. The van der Waals surface area contributed by atoms with Crippen molar-refractivity contribution < 1.29 is 15.0 Å². The molecule has 0 unspecified atom stereocenters. The lowest BCUT2D eigenvalue weighted by molar-refractivity contribution is 0.0793. The first-order valence-electron chi connectivity index (χ1n) is 5.30. The summed E-state index contributed by atoms with van der Waals surface area (Å²) < 4.78 is 0. The molecular weight excluding hydrogens is 206 g/mol. The summed E-state index contributed by atoms with van der Waals surface area (Å²) in [6.45, 7) is 1.72. The van der Waals surface area contributed by atoms with Gasteiger partial charge in [-0.15, -0.1) is 0 Å². The van der Waals surface area contributed by atoms with Crippen molar-refractivity contribution in [1.82, 2.24) is 4.90 Å². The van der Waals surface area contributed by atoms with Crippen molar-refractivity contribution in [1.29, 1.82) is 0 Å². The fourth-order valence-corrected chi connectivity index (χ4v) is 1.71. The third-order valence-electron chi connectivity index (χ3n) is 2.51. The van der Waals surface area contributed by atoms with Gasteiger partial charge in [0.2, 0.25) is 0 Å². The number of aliphatic hydroxyl groups excluding tert-OH is 1. The van der Waals surface area contributed by atoms with Crippen molar-refractivity contribution >= 4 is 5.91 Å². The average Bonchev–Trinajstić information content (AvgIpc) is 2.85. The van der Waals surface area contributed by atoms with Gasteiger partial charge in [0.15, 0.2) is 0 Å². The zero-order chi connectivity index (χ0) is 12.0. The summed E-state index contributed by atoms with van der Waals surface area (Å²) in [4.78, 5) is 13.7. The van der Waals surface area contributed by atoms with Gasteiger partial charge in [0.25, 0.3) is 5.91 Å². The summed E-state index contributed by atoms with van der Waals surface area (Å²) in [6.07, 6.45) is 2.20. The van der Waals surface area contributed by atoms with Crippen LogP contribution in [0.5, 0.6) is 5.75 Å². The first-order chi connectivity index (χ1) is 7.77. The smallest absolute Gasteiger partial charge is 0.253 e. The lowest BCUT2D eigenvalue weighted by Crippen LogP contribution is -2.27. The maximum Gasteiger partial charge on any atom is 0.253 e. The molecule has 1 aromatic rings. The number of hydrogen-bond acceptors (Lipinski definition) is 3. The molecule has 2 rings (SSSR count). The van der Waals surface area contributed by atoms with Crippen molar-refractivity contribution in [3.8, 4) is 5.75 Å². The summed E-state index contributed by atoms with van der Waals surface area (Å²) in [5.74, 6) is 0.269. The second-order valence-corrected chi connectivity index (χ2v) is 3.55. The number of likely N-dealkylation sites (tertiary alicyclic amines) is 1. The van der Waals surface area contributed by atoms with E-state index >= 15 is 0 Å². The molecule has 1 saturated heterocycles. The molecule has 16 heavy (non-hydrogen) atoms. The van der Waals surface area contributed by atoms with E-state index in [4.69, 9.17) is 10.2 Å². The predicted octanol–water partition coefficient (Wildman–Crippen LogP) is 1.24. The van der Waals surface area contributed by atoms with Crippen LogP contribution in [0.4, 0.5) is 0 Å². The standard InChI is InChI=1S/C11H13NO2.CH4O/c13-10-5-3-9(4-6-10)11(14)12-7-1-2-8-12;1-2/h3-6,13H,1-2,7-8H2;2H,1H3. The zero-order valence-electron chi connectivity index (χ0n) is 9.39. The van der Waals surface area contributed by atoms with E-state index < -0.39 is 0 Å². The molecule has 1 amide bonds. The van der Waals surface area contributed by atoms with Gasteiger partial charge in [-0.25, -0.2) is 0 Å².